The van der Waals surface area contributed by atoms with E-state index in [4.69, 9.17) is 23.2 Å². The molecular formula is C11H14Cl2. The van der Waals surface area contributed by atoms with E-state index in [9.17, 15) is 0 Å². The van der Waals surface area contributed by atoms with Crippen molar-refractivity contribution < 1.29 is 0 Å². The maximum atomic E-state index is 6.12. The Balaban J connectivity index is 3.35. The van der Waals surface area contributed by atoms with Crippen LogP contribution in [0.3, 0.4) is 0 Å². The van der Waals surface area contributed by atoms with Crippen LogP contribution in [0.2, 0.25) is 10.0 Å². The largest absolute Gasteiger partial charge is 0.0840 e. The lowest BCUT2D eigenvalue weighted by atomic mass is 9.95. The highest BCUT2D eigenvalue weighted by molar-refractivity contribution is 6.34. The summed E-state index contributed by atoms with van der Waals surface area (Å²) in [6.07, 6.45) is 0.937. The minimum atomic E-state index is 0.432. The lowest BCUT2D eigenvalue weighted by Crippen LogP contribution is -1.97. The van der Waals surface area contributed by atoms with Crippen LogP contribution in [0.15, 0.2) is 12.1 Å². The number of rotatable bonds is 2. The van der Waals surface area contributed by atoms with E-state index in [1.54, 1.807) is 0 Å². The molecule has 0 saturated carbocycles. The highest BCUT2D eigenvalue weighted by Crippen LogP contribution is 2.32. The van der Waals surface area contributed by atoms with Crippen LogP contribution in [-0.4, -0.2) is 0 Å². The number of hydrogen-bond acceptors (Lipinski definition) is 0. The molecule has 0 aliphatic carbocycles. The molecule has 1 aromatic carbocycles. The lowest BCUT2D eigenvalue weighted by Gasteiger charge is -2.14. The van der Waals surface area contributed by atoms with Gasteiger partial charge < -0.3 is 0 Å². The highest BCUT2D eigenvalue weighted by Gasteiger charge is 2.12. The SMILES string of the molecule is CCc1c(Cl)ccc(Cl)c1C(C)C. The van der Waals surface area contributed by atoms with Crippen LogP contribution in [0.5, 0.6) is 0 Å². The molecule has 2 heteroatoms. The van der Waals surface area contributed by atoms with E-state index < -0.39 is 0 Å². The van der Waals surface area contributed by atoms with E-state index in [-0.39, 0.29) is 0 Å². The molecular weight excluding hydrogens is 203 g/mol. The summed E-state index contributed by atoms with van der Waals surface area (Å²) in [6, 6.07) is 3.74. The molecule has 13 heavy (non-hydrogen) atoms. The Kier molecular flexibility index (Phi) is 3.63. The summed E-state index contributed by atoms with van der Waals surface area (Å²) in [5.41, 5.74) is 2.38. The summed E-state index contributed by atoms with van der Waals surface area (Å²) >= 11 is 12.2. The Hall–Kier alpha value is -0.200. The van der Waals surface area contributed by atoms with Gasteiger partial charge in [0.05, 0.1) is 0 Å². The molecule has 0 spiro atoms. The molecule has 1 aromatic rings. The molecule has 1 rings (SSSR count). The van der Waals surface area contributed by atoms with Crippen molar-refractivity contribution >= 4 is 23.2 Å². The Morgan fingerprint density at radius 3 is 2.08 bits per heavy atom. The Bertz CT molecular complexity index is 303. The molecule has 0 fully saturated rings. The van der Waals surface area contributed by atoms with Crippen molar-refractivity contribution in [2.75, 3.05) is 0 Å². The summed E-state index contributed by atoms with van der Waals surface area (Å²) in [7, 11) is 0. The topological polar surface area (TPSA) is 0 Å². The van der Waals surface area contributed by atoms with E-state index in [0.29, 0.717) is 5.92 Å². The van der Waals surface area contributed by atoms with Gasteiger partial charge in [-0.25, -0.2) is 0 Å². The van der Waals surface area contributed by atoms with Crippen molar-refractivity contribution in [3.63, 3.8) is 0 Å². The van der Waals surface area contributed by atoms with Gasteiger partial charge in [0.1, 0.15) is 0 Å². The molecule has 0 aliphatic heterocycles. The van der Waals surface area contributed by atoms with Crippen LogP contribution in [0, 0.1) is 0 Å². The average molecular weight is 217 g/mol. The predicted octanol–water partition coefficient (Wildman–Crippen LogP) is 4.68. The fourth-order valence-corrected chi connectivity index (χ4v) is 2.29. The maximum Gasteiger partial charge on any atom is 0.0444 e. The van der Waals surface area contributed by atoms with Crippen LogP contribution >= 0.6 is 23.2 Å². The van der Waals surface area contributed by atoms with Crippen molar-refractivity contribution in [1.82, 2.24) is 0 Å². The Morgan fingerprint density at radius 2 is 1.69 bits per heavy atom. The molecule has 0 aromatic heterocycles. The summed E-state index contributed by atoms with van der Waals surface area (Å²) in [5, 5.41) is 1.66. The van der Waals surface area contributed by atoms with E-state index in [2.05, 4.69) is 20.8 Å². The molecule has 0 nitrogen and oxygen atoms in total. The van der Waals surface area contributed by atoms with Gasteiger partial charge in [0.25, 0.3) is 0 Å². The number of benzene rings is 1. The van der Waals surface area contributed by atoms with Crippen molar-refractivity contribution in [3.05, 3.63) is 33.3 Å². The van der Waals surface area contributed by atoms with Crippen LogP contribution in [-0.2, 0) is 6.42 Å². The molecule has 0 radical (unpaired) electrons. The second kappa shape index (κ2) is 4.34. The van der Waals surface area contributed by atoms with E-state index in [0.717, 1.165) is 16.5 Å². The highest BCUT2D eigenvalue weighted by atomic mass is 35.5. The second-order valence-electron chi connectivity index (χ2n) is 3.43. The number of halogens is 2. The summed E-state index contributed by atoms with van der Waals surface area (Å²) in [5.74, 6) is 0.432. The molecule has 0 bridgehead atoms. The summed E-state index contributed by atoms with van der Waals surface area (Å²) in [6.45, 7) is 6.37. The van der Waals surface area contributed by atoms with E-state index in [1.807, 2.05) is 12.1 Å². The fourth-order valence-electron chi connectivity index (χ4n) is 1.59. The van der Waals surface area contributed by atoms with Gasteiger partial charge in [-0.05, 0) is 35.6 Å². The van der Waals surface area contributed by atoms with Gasteiger partial charge in [0.15, 0.2) is 0 Å². The van der Waals surface area contributed by atoms with E-state index in [1.165, 1.54) is 11.1 Å². The van der Waals surface area contributed by atoms with Crippen LogP contribution in [0.4, 0.5) is 0 Å². The predicted molar refractivity (Wildman–Crippen MR) is 59.9 cm³/mol. The van der Waals surface area contributed by atoms with E-state index >= 15 is 0 Å². The maximum absolute atomic E-state index is 6.12. The third-order valence-electron chi connectivity index (χ3n) is 2.18. The van der Waals surface area contributed by atoms with Crippen molar-refractivity contribution in [2.45, 2.75) is 33.1 Å². The molecule has 72 valence electrons. The molecule has 0 unspecified atom stereocenters. The van der Waals surface area contributed by atoms with Gasteiger partial charge in [-0.3, -0.25) is 0 Å². The van der Waals surface area contributed by atoms with Crippen LogP contribution in [0.25, 0.3) is 0 Å². The van der Waals surface area contributed by atoms with Gasteiger partial charge in [-0.2, -0.15) is 0 Å². The zero-order valence-electron chi connectivity index (χ0n) is 8.20. The third kappa shape index (κ3) is 2.18. The van der Waals surface area contributed by atoms with Gasteiger partial charge in [-0.1, -0.05) is 44.0 Å². The molecule has 0 saturated heterocycles. The van der Waals surface area contributed by atoms with Gasteiger partial charge in [-0.15, -0.1) is 0 Å². The molecule has 0 amide bonds. The van der Waals surface area contributed by atoms with Crippen molar-refractivity contribution in [1.29, 1.82) is 0 Å². The normalized spacial score (nSPS) is 10.9. The summed E-state index contributed by atoms with van der Waals surface area (Å²) in [4.78, 5) is 0. The fraction of sp³-hybridized carbons (Fsp3) is 0.455. The smallest absolute Gasteiger partial charge is 0.0444 e. The number of hydrogen-bond donors (Lipinski definition) is 0. The minimum Gasteiger partial charge on any atom is -0.0840 e. The quantitative estimate of drug-likeness (QED) is 0.674. The van der Waals surface area contributed by atoms with Crippen LogP contribution in [0.1, 0.15) is 37.8 Å². The average Bonchev–Trinajstić information content (AvgIpc) is 2.07. The second-order valence-corrected chi connectivity index (χ2v) is 4.24. The summed E-state index contributed by atoms with van der Waals surface area (Å²) < 4.78 is 0. The Morgan fingerprint density at radius 1 is 1.15 bits per heavy atom. The molecule has 0 aliphatic rings. The first-order valence-electron chi connectivity index (χ1n) is 4.54. The first-order chi connectivity index (χ1) is 6.07. The zero-order chi connectivity index (χ0) is 10.0. The van der Waals surface area contributed by atoms with Gasteiger partial charge in [0, 0.05) is 10.0 Å². The molecule has 0 N–H and O–H groups in total. The minimum absolute atomic E-state index is 0.432. The Labute approximate surface area is 89.9 Å². The van der Waals surface area contributed by atoms with Crippen molar-refractivity contribution in [2.24, 2.45) is 0 Å². The van der Waals surface area contributed by atoms with Gasteiger partial charge >= 0.3 is 0 Å². The first kappa shape index (κ1) is 10.9. The first-order valence-corrected chi connectivity index (χ1v) is 5.30. The van der Waals surface area contributed by atoms with Crippen LogP contribution < -0.4 is 0 Å². The molecule has 0 atom stereocenters. The van der Waals surface area contributed by atoms with Crippen molar-refractivity contribution in [3.8, 4) is 0 Å². The zero-order valence-corrected chi connectivity index (χ0v) is 9.71. The molecule has 0 heterocycles. The van der Waals surface area contributed by atoms with Gasteiger partial charge in [0.2, 0.25) is 0 Å². The third-order valence-corrected chi connectivity index (χ3v) is 2.86. The monoisotopic (exact) mass is 216 g/mol. The lowest BCUT2D eigenvalue weighted by molar-refractivity contribution is 0.845. The standard InChI is InChI=1S/C11H14Cl2/c1-4-8-9(12)5-6-10(13)11(8)7(2)3/h5-7H,4H2,1-3H3.